The fraction of sp³-hybridized carbons (Fsp3) is 0.348. The largest absolute Gasteiger partial charge is 0.416 e. The van der Waals surface area contributed by atoms with Crippen LogP contribution < -0.4 is 5.56 Å². The molecule has 0 bridgehead atoms. The fourth-order valence-electron chi connectivity index (χ4n) is 4.20. The quantitative estimate of drug-likeness (QED) is 0.479. The zero-order chi connectivity index (χ0) is 25.9. The fourth-order valence-corrected chi connectivity index (χ4v) is 4.20. The van der Waals surface area contributed by atoms with E-state index in [-0.39, 0.29) is 23.0 Å². The molecule has 2 aromatic heterocycles. The molecule has 1 amide bonds. The maximum Gasteiger partial charge on any atom is 0.416 e. The minimum Gasteiger partial charge on any atom is -0.328 e. The molecule has 1 aliphatic heterocycles. The number of pyridine rings is 1. The van der Waals surface area contributed by atoms with Crippen LogP contribution >= 0.6 is 0 Å². The molecule has 1 aromatic carbocycles. The monoisotopic (exact) mass is 498 g/mol. The van der Waals surface area contributed by atoms with Crippen LogP contribution in [0.5, 0.6) is 0 Å². The normalized spacial score (nSPS) is 18.7. The molecule has 0 spiro atoms. The molecule has 3 heterocycles. The first-order chi connectivity index (χ1) is 16.2. The minimum atomic E-state index is -5.00. The highest BCUT2D eigenvalue weighted by Gasteiger charge is 2.39. The molecule has 4 rings (SSSR count). The predicted molar refractivity (Wildman–Crippen MR) is 113 cm³/mol. The summed E-state index contributed by atoms with van der Waals surface area (Å²) in [6.45, 7) is 4.50. The van der Waals surface area contributed by atoms with Gasteiger partial charge in [-0.15, -0.1) is 0 Å². The first-order valence-electron chi connectivity index (χ1n) is 10.5. The Kier molecular flexibility index (Phi) is 5.81. The minimum absolute atomic E-state index is 0.00999. The van der Waals surface area contributed by atoms with Crippen LogP contribution in [-0.2, 0) is 18.9 Å². The van der Waals surface area contributed by atoms with Crippen molar-refractivity contribution in [2.45, 2.75) is 51.8 Å². The second kappa shape index (κ2) is 8.28. The lowest BCUT2D eigenvalue weighted by Crippen LogP contribution is -2.51. The third-order valence-corrected chi connectivity index (χ3v) is 6.16. The lowest BCUT2D eigenvalue weighted by atomic mass is 10.00. The molecule has 0 saturated carbocycles. The second-order valence-electron chi connectivity index (χ2n) is 8.53. The summed E-state index contributed by atoms with van der Waals surface area (Å²) in [5.74, 6) is -0.674. The van der Waals surface area contributed by atoms with Crippen molar-refractivity contribution in [2.24, 2.45) is 0 Å². The van der Waals surface area contributed by atoms with Crippen molar-refractivity contribution in [3.63, 3.8) is 0 Å². The molecule has 0 N–H and O–H groups in total. The molecule has 0 saturated heterocycles. The van der Waals surface area contributed by atoms with Crippen molar-refractivity contribution < 1.29 is 31.1 Å². The molecule has 35 heavy (non-hydrogen) atoms. The Balaban J connectivity index is 1.75. The predicted octanol–water partition coefficient (Wildman–Crippen LogP) is 4.99. The van der Waals surface area contributed by atoms with Gasteiger partial charge in [-0.2, -0.15) is 26.3 Å². The van der Waals surface area contributed by atoms with Gasteiger partial charge in [0, 0.05) is 12.7 Å². The Morgan fingerprint density at radius 2 is 1.51 bits per heavy atom. The zero-order valence-corrected chi connectivity index (χ0v) is 18.8. The number of nitrogens with zero attached hydrogens (tertiary/aromatic N) is 4. The van der Waals surface area contributed by atoms with Gasteiger partial charge in [0.2, 0.25) is 0 Å². The van der Waals surface area contributed by atoms with E-state index in [4.69, 9.17) is 0 Å². The average molecular weight is 498 g/mol. The standard InChI is InChI=1S/C23H20F6N4O2/c1-12-9-31(11-30-12)18-4-5-19-20(34)32(13(2)14(3)33(19)21(18)35)10-15-6-16(22(24,25)26)8-17(7-15)23(27,28)29/h4-9,11,13-14H,10H2,1-3H3. The SMILES string of the molecule is Cc1cn(-c2ccc3n(c2=O)C(C)C(C)N(Cc2cc(C(F)(F)F)cc(C(F)(F)F)c2)C3=O)cn1. The maximum absolute atomic E-state index is 13.3. The van der Waals surface area contributed by atoms with Crippen molar-refractivity contribution in [3.8, 4) is 5.69 Å². The highest BCUT2D eigenvalue weighted by molar-refractivity contribution is 5.93. The van der Waals surface area contributed by atoms with Crippen LogP contribution in [0.2, 0.25) is 0 Å². The third-order valence-electron chi connectivity index (χ3n) is 6.16. The lowest BCUT2D eigenvalue weighted by Gasteiger charge is -2.40. The molecule has 6 nitrogen and oxygen atoms in total. The first-order valence-corrected chi connectivity index (χ1v) is 10.5. The van der Waals surface area contributed by atoms with E-state index in [2.05, 4.69) is 4.98 Å². The number of carbonyl (C=O) groups excluding carboxylic acids is 1. The number of carbonyl (C=O) groups is 1. The summed E-state index contributed by atoms with van der Waals surface area (Å²) in [4.78, 5) is 31.7. The molecule has 0 fully saturated rings. The van der Waals surface area contributed by atoms with E-state index in [1.165, 1.54) is 32.5 Å². The smallest absolute Gasteiger partial charge is 0.328 e. The average Bonchev–Trinajstić information content (AvgIpc) is 3.19. The van der Waals surface area contributed by atoms with Crippen LogP contribution in [0.3, 0.4) is 0 Å². The number of hydrogen-bond acceptors (Lipinski definition) is 3. The van der Waals surface area contributed by atoms with Crippen LogP contribution in [0.25, 0.3) is 5.69 Å². The molecule has 186 valence electrons. The molecule has 1 aliphatic rings. The van der Waals surface area contributed by atoms with Gasteiger partial charge in [0.1, 0.15) is 11.4 Å². The van der Waals surface area contributed by atoms with Crippen LogP contribution in [0.1, 0.15) is 52.8 Å². The van der Waals surface area contributed by atoms with Gasteiger partial charge in [-0.1, -0.05) is 0 Å². The number of amides is 1. The number of imidazole rings is 1. The van der Waals surface area contributed by atoms with E-state index >= 15 is 0 Å². The van der Waals surface area contributed by atoms with Crippen LogP contribution in [0.4, 0.5) is 26.3 Å². The molecular formula is C23H20F6N4O2. The van der Waals surface area contributed by atoms with Gasteiger partial charge >= 0.3 is 12.4 Å². The van der Waals surface area contributed by atoms with Gasteiger partial charge in [-0.05, 0) is 56.7 Å². The summed E-state index contributed by atoms with van der Waals surface area (Å²) in [7, 11) is 0. The van der Waals surface area contributed by atoms with E-state index in [1.54, 1.807) is 27.0 Å². The molecule has 0 aliphatic carbocycles. The molecule has 2 unspecified atom stereocenters. The van der Waals surface area contributed by atoms with E-state index in [0.29, 0.717) is 17.8 Å². The molecular weight excluding hydrogens is 478 g/mol. The highest BCUT2D eigenvalue weighted by atomic mass is 19.4. The third kappa shape index (κ3) is 4.44. The van der Waals surface area contributed by atoms with Gasteiger partial charge in [0.05, 0.1) is 35.2 Å². The number of aromatic nitrogens is 3. The van der Waals surface area contributed by atoms with E-state index in [0.717, 1.165) is 0 Å². The number of hydrogen-bond donors (Lipinski definition) is 0. The van der Waals surface area contributed by atoms with Crippen molar-refractivity contribution in [2.75, 3.05) is 0 Å². The summed E-state index contributed by atoms with van der Waals surface area (Å²) in [6.07, 6.45) is -6.90. The number of fused-ring (bicyclic) bond motifs is 1. The molecule has 2 atom stereocenters. The summed E-state index contributed by atoms with van der Waals surface area (Å²) in [6, 6.07) is 2.79. The highest BCUT2D eigenvalue weighted by Crippen LogP contribution is 2.37. The van der Waals surface area contributed by atoms with Gasteiger partial charge < -0.3 is 9.47 Å². The maximum atomic E-state index is 13.3. The molecule has 0 radical (unpaired) electrons. The molecule has 12 heteroatoms. The Bertz CT molecular complexity index is 1320. The van der Waals surface area contributed by atoms with Gasteiger partial charge in [-0.3, -0.25) is 14.2 Å². The van der Waals surface area contributed by atoms with Crippen molar-refractivity contribution in [3.05, 3.63) is 81.3 Å². The van der Waals surface area contributed by atoms with Crippen LogP contribution in [-0.4, -0.2) is 31.0 Å². The number of benzene rings is 1. The topological polar surface area (TPSA) is 60.1 Å². The number of aryl methyl sites for hydroxylation is 1. The summed E-state index contributed by atoms with van der Waals surface area (Å²) in [5.41, 5.74) is -2.78. The van der Waals surface area contributed by atoms with Crippen LogP contribution in [0.15, 0.2) is 47.7 Å². The Hall–Kier alpha value is -3.57. The van der Waals surface area contributed by atoms with Crippen molar-refractivity contribution in [1.29, 1.82) is 0 Å². The van der Waals surface area contributed by atoms with E-state index in [9.17, 15) is 35.9 Å². The second-order valence-corrected chi connectivity index (χ2v) is 8.53. The number of alkyl halides is 6. The van der Waals surface area contributed by atoms with Gasteiger partial charge in [-0.25, -0.2) is 4.98 Å². The van der Waals surface area contributed by atoms with E-state index in [1.807, 2.05) is 0 Å². The number of rotatable bonds is 3. The summed E-state index contributed by atoms with van der Waals surface area (Å²) >= 11 is 0. The Morgan fingerprint density at radius 3 is 2.03 bits per heavy atom. The molecule has 3 aromatic rings. The lowest BCUT2D eigenvalue weighted by molar-refractivity contribution is -0.143. The summed E-state index contributed by atoms with van der Waals surface area (Å²) < 4.78 is 82.4. The van der Waals surface area contributed by atoms with E-state index < -0.39 is 53.6 Å². The van der Waals surface area contributed by atoms with Gasteiger partial charge in [0.25, 0.3) is 11.5 Å². The van der Waals surface area contributed by atoms with Crippen LogP contribution in [0, 0.1) is 6.92 Å². The zero-order valence-electron chi connectivity index (χ0n) is 18.8. The number of halogens is 6. The summed E-state index contributed by atoms with van der Waals surface area (Å²) in [5, 5.41) is 0. The Labute approximate surface area is 195 Å². The van der Waals surface area contributed by atoms with Gasteiger partial charge in [0.15, 0.2) is 0 Å². The first kappa shape index (κ1) is 24.6. The van der Waals surface area contributed by atoms with Crippen molar-refractivity contribution in [1.82, 2.24) is 19.0 Å². The van der Waals surface area contributed by atoms with Crippen molar-refractivity contribution >= 4 is 5.91 Å². The Morgan fingerprint density at radius 1 is 0.914 bits per heavy atom.